The van der Waals surface area contributed by atoms with Crippen molar-refractivity contribution in [3.8, 4) is 5.88 Å². The molecule has 2 aromatic rings. The smallest absolute Gasteiger partial charge is 0.213 e. The Kier molecular flexibility index (Phi) is 5.06. The molecule has 2 rings (SSSR count). The molecule has 0 bridgehead atoms. The van der Waals surface area contributed by atoms with Crippen LogP contribution < -0.4 is 10.1 Å². The molecule has 0 unspecified atom stereocenters. The molecule has 0 fully saturated rings. The molecule has 0 saturated heterocycles. The number of nitrogens with zero attached hydrogens (tertiary/aromatic N) is 1. The van der Waals surface area contributed by atoms with E-state index in [2.05, 4.69) is 10.3 Å². The second kappa shape index (κ2) is 7.01. The maximum absolute atomic E-state index is 5.69. The highest BCUT2D eigenvalue weighted by atomic mass is 35.5. The van der Waals surface area contributed by atoms with Gasteiger partial charge in [0, 0.05) is 13.2 Å². The van der Waals surface area contributed by atoms with Gasteiger partial charge in [-0.2, -0.15) is 0 Å². The number of methoxy groups -OCH3 is 1. The fourth-order valence-corrected chi connectivity index (χ4v) is 1.60. The fraction of sp³-hybridized carbons (Fsp3) is 0.308. The molecular formula is C13H15ClN2O3. The van der Waals surface area contributed by atoms with Crippen LogP contribution in [0.5, 0.6) is 5.88 Å². The monoisotopic (exact) mass is 282 g/mol. The second-order valence-corrected chi connectivity index (χ2v) is 4.16. The minimum atomic E-state index is 0.386. The summed E-state index contributed by atoms with van der Waals surface area (Å²) in [5.41, 5.74) is 0.881. The average Bonchev–Trinajstić information content (AvgIpc) is 2.84. The molecule has 19 heavy (non-hydrogen) atoms. The molecule has 102 valence electrons. The molecule has 0 atom stereocenters. The lowest BCUT2D eigenvalue weighted by molar-refractivity contribution is 0.144. The summed E-state index contributed by atoms with van der Waals surface area (Å²) >= 11 is 5.69. The summed E-state index contributed by atoms with van der Waals surface area (Å²) in [7, 11) is 1.63. The van der Waals surface area contributed by atoms with Crippen LogP contribution in [-0.4, -0.2) is 25.3 Å². The Bertz CT molecular complexity index is 499. The Labute approximate surface area is 116 Å². The van der Waals surface area contributed by atoms with E-state index in [0.717, 1.165) is 11.4 Å². The zero-order valence-electron chi connectivity index (χ0n) is 10.6. The van der Waals surface area contributed by atoms with Crippen molar-refractivity contribution in [3.05, 3.63) is 41.4 Å². The quantitative estimate of drug-likeness (QED) is 0.791. The Morgan fingerprint density at radius 1 is 1.26 bits per heavy atom. The van der Waals surface area contributed by atoms with Crippen LogP contribution >= 0.6 is 11.6 Å². The molecule has 0 aromatic carbocycles. The van der Waals surface area contributed by atoms with Crippen molar-refractivity contribution in [1.29, 1.82) is 0 Å². The summed E-state index contributed by atoms with van der Waals surface area (Å²) in [6.45, 7) is 1.58. The lowest BCUT2D eigenvalue weighted by atomic mass is 10.4. The number of hydrogen-bond acceptors (Lipinski definition) is 5. The summed E-state index contributed by atoms with van der Waals surface area (Å²) in [6.07, 6.45) is 1.70. The van der Waals surface area contributed by atoms with E-state index < -0.39 is 0 Å². The lowest BCUT2D eigenvalue weighted by Crippen LogP contribution is -2.05. The molecule has 6 heteroatoms. The van der Waals surface area contributed by atoms with E-state index in [9.17, 15) is 0 Å². The minimum Gasteiger partial charge on any atom is -0.475 e. The van der Waals surface area contributed by atoms with Gasteiger partial charge in [0.2, 0.25) is 5.88 Å². The molecule has 0 saturated carbocycles. The summed E-state index contributed by atoms with van der Waals surface area (Å²) in [4.78, 5) is 4.17. The first-order chi connectivity index (χ1) is 9.28. The van der Waals surface area contributed by atoms with Gasteiger partial charge in [0.15, 0.2) is 5.22 Å². The van der Waals surface area contributed by atoms with Gasteiger partial charge in [-0.3, -0.25) is 0 Å². The topological polar surface area (TPSA) is 56.5 Å². The number of pyridine rings is 1. The number of anilines is 1. The van der Waals surface area contributed by atoms with Crippen LogP contribution in [0.2, 0.25) is 5.22 Å². The van der Waals surface area contributed by atoms with Crippen LogP contribution in [0.25, 0.3) is 0 Å². The van der Waals surface area contributed by atoms with E-state index in [1.165, 1.54) is 0 Å². The normalized spacial score (nSPS) is 10.4. The van der Waals surface area contributed by atoms with Gasteiger partial charge < -0.3 is 19.2 Å². The highest BCUT2D eigenvalue weighted by molar-refractivity contribution is 6.28. The Morgan fingerprint density at radius 3 is 2.79 bits per heavy atom. The van der Waals surface area contributed by atoms with Gasteiger partial charge in [-0.15, -0.1) is 0 Å². The first kappa shape index (κ1) is 13.7. The third-order valence-corrected chi connectivity index (χ3v) is 2.57. The van der Waals surface area contributed by atoms with E-state index >= 15 is 0 Å². The van der Waals surface area contributed by atoms with Crippen LogP contribution in [0.1, 0.15) is 5.76 Å². The zero-order valence-corrected chi connectivity index (χ0v) is 11.3. The molecule has 0 aliphatic heterocycles. The van der Waals surface area contributed by atoms with E-state index in [0.29, 0.717) is 30.9 Å². The van der Waals surface area contributed by atoms with Gasteiger partial charge in [0.05, 0.1) is 25.0 Å². The van der Waals surface area contributed by atoms with Gasteiger partial charge in [0.25, 0.3) is 0 Å². The molecule has 5 nitrogen and oxygen atoms in total. The Hall–Kier alpha value is -1.72. The predicted molar refractivity (Wildman–Crippen MR) is 72.7 cm³/mol. The van der Waals surface area contributed by atoms with Crippen LogP contribution in [-0.2, 0) is 11.3 Å². The average molecular weight is 283 g/mol. The highest BCUT2D eigenvalue weighted by Gasteiger charge is 2.00. The van der Waals surface area contributed by atoms with Crippen molar-refractivity contribution in [2.45, 2.75) is 6.54 Å². The first-order valence-corrected chi connectivity index (χ1v) is 6.21. The van der Waals surface area contributed by atoms with Crippen molar-refractivity contribution >= 4 is 17.3 Å². The van der Waals surface area contributed by atoms with Crippen LogP contribution in [0, 0.1) is 0 Å². The number of rotatable bonds is 7. The van der Waals surface area contributed by atoms with Gasteiger partial charge in [-0.1, -0.05) is 0 Å². The van der Waals surface area contributed by atoms with E-state index in [4.69, 9.17) is 25.5 Å². The maximum Gasteiger partial charge on any atom is 0.213 e. The van der Waals surface area contributed by atoms with Gasteiger partial charge in [0.1, 0.15) is 12.4 Å². The third-order valence-electron chi connectivity index (χ3n) is 2.37. The van der Waals surface area contributed by atoms with E-state index in [1.807, 2.05) is 12.1 Å². The van der Waals surface area contributed by atoms with Crippen LogP contribution in [0.3, 0.4) is 0 Å². The number of hydrogen-bond donors (Lipinski definition) is 1. The van der Waals surface area contributed by atoms with Crippen LogP contribution in [0.4, 0.5) is 5.69 Å². The van der Waals surface area contributed by atoms with Crippen molar-refractivity contribution in [2.24, 2.45) is 0 Å². The molecule has 2 heterocycles. The van der Waals surface area contributed by atoms with Crippen molar-refractivity contribution in [3.63, 3.8) is 0 Å². The van der Waals surface area contributed by atoms with E-state index in [-0.39, 0.29) is 0 Å². The minimum absolute atomic E-state index is 0.386. The zero-order chi connectivity index (χ0) is 13.5. The van der Waals surface area contributed by atoms with Crippen molar-refractivity contribution < 1.29 is 13.9 Å². The predicted octanol–water partition coefficient (Wildman–Crippen LogP) is 2.97. The third kappa shape index (κ3) is 4.46. The van der Waals surface area contributed by atoms with Gasteiger partial charge in [-0.25, -0.2) is 4.98 Å². The Morgan fingerprint density at radius 2 is 2.16 bits per heavy atom. The molecule has 0 aliphatic rings. The first-order valence-electron chi connectivity index (χ1n) is 5.84. The molecule has 0 amide bonds. The van der Waals surface area contributed by atoms with Crippen molar-refractivity contribution in [2.75, 3.05) is 25.6 Å². The summed E-state index contributed by atoms with van der Waals surface area (Å²) in [5.74, 6) is 1.34. The second-order valence-electron chi connectivity index (χ2n) is 3.79. The number of furan rings is 1. The SMILES string of the molecule is COCCOc1ccc(NCc2ccc(Cl)o2)cn1. The fourth-order valence-electron chi connectivity index (χ4n) is 1.44. The Balaban J connectivity index is 1.81. The van der Waals surface area contributed by atoms with Gasteiger partial charge in [-0.05, 0) is 29.8 Å². The molecule has 1 N–H and O–H groups in total. The standard InChI is InChI=1S/C13H15ClN2O3/c1-17-6-7-18-13-5-2-10(8-16-13)15-9-11-3-4-12(14)19-11/h2-5,8,15H,6-7,9H2,1H3. The molecule has 0 aliphatic carbocycles. The summed E-state index contributed by atoms with van der Waals surface area (Å²) in [5, 5.41) is 3.56. The number of halogens is 1. The van der Waals surface area contributed by atoms with Crippen molar-refractivity contribution in [1.82, 2.24) is 4.98 Å². The molecule has 0 radical (unpaired) electrons. The molecule has 0 spiro atoms. The van der Waals surface area contributed by atoms with Crippen LogP contribution in [0.15, 0.2) is 34.9 Å². The largest absolute Gasteiger partial charge is 0.475 e. The summed E-state index contributed by atoms with van der Waals surface area (Å²) in [6, 6.07) is 7.22. The number of nitrogens with one attached hydrogen (secondary N) is 1. The lowest BCUT2D eigenvalue weighted by Gasteiger charge is -2.06. The van der Waals surface area contributed by atoms with Gasteiger partial charge >= 0.3 is 0 Å². The maximum atomic E-state index is 5.69. The number of aromatic nitrogens is 1. The molecule has 2 aromatic heterocycles. The summed E-state index contributed by atoms with van der Waals surface area (Å²) < 4.78 is 15.5. The number of ether oxygens (including phenoxy) is 2. The highest BCUT2D eigenvalue weighted by Crippen LogP contribution is 2.16. The molecular weight excluding hydrogens is 268 g/mol. The van der Waals surface area contributed by atoms with E-state index in [1.54, 1.807) is 25.4 Å².